The molecule has 7 atom stereocenters. The molecule has 1 N–H and O–H groups in total. The highest BCUT2D eigenvalue weighted by Gasteiger charge is 2.71. The van der Waals surface area contributed by atoms with Crippen molar-refractivity contribution in [3.63, 3.8) is 0 Å². The fraction of sp³-hybridized carbons (Fsp3) is 0.800. The van der Waals surface area contributed by atoms with Crippen molar-refractivity contribution in [1.29, 1.82) is 0 Å². The molecule has 3 nitrogen and oxygen atoms in total. The number of allylic oxidation sites excluding steroid dienone is 2. The molecule has 0 aromatic rings. The Morgan fingerprint density at radius 3 is 2.62 bits per heavy atom. The number of rotatable bonds is 1. The lowest BCUT2D eigenvalue weighted by Crippen LogP contribution is -2.66. The maximum atomic E-state index is 16.5. The van der Waals surface area contributed by atoms with E-state index >= 15 is 4.39 Å². The predicted octanol–water partition coefficient (Wildman–Crippen LogP) is 3.40. The van der Waals surface area contributed by atoms with Gasteiger partial charge in [-0.3, -0.25) is 9.59 Å². The summed E-state index contributed by atoms with van der Waals surface area (Å²) in [5.74, 6) is -0.0647. The second kappa shape index (κ2) is 4.78. The molecule has 0 radical (unpaired) electrons. The van der Waals surface area contributed by atoms with Crippen LogP contribution in [0.3, 0.4) is 0 Å². The highest BCUT2D eigenvalue weighted by atomic mass is 19.1. The Morgan fingerprint density at radius 2 is 1.96 bits per heavy atom. The minimum Gasteiger partial charge on any atom is -0.390 e. The van der Waals surface area contributed by atoms with Crippen LogP contribution >= 0.6 is 0 Å². The van der Waals surface area contributed by atoms with E-state index in [1.54, 1.807) is 13.0 Å². The van der Waals surface area contributed by atoms with E-state index in [0.29, 0.717) is 12.8 Å². The van der Waals surface area contributed by atoms with E-state index in [9.17, 15) is 14.7 Å². The number of hydrogen-bond acceptors (Lipinski definition) is 3. The minimum absolute atomic E-state index is 0.0151. The molecule has 0 amide bonds. The summed E-state index contributed by atoms with van der Waals surface area (Å²) in [5, 5.41) is 10.9. The van der Waals surface area contributed by atoms with Gasteiger partial charge in [-0.15, -0.1) is 0 Å². The van der Waals surface area contributed by atoms with Gasteiger partial charge in [0.2, 0.25) is 0 Å². The van der Waals surface area contributed by atoms with Gasteiger partial charge in [-0.25, -0.2) is 4.39 Å². The fourth-order valence-electron chi connectivity index (χ4n) is 7.09. The molecule has 0 heterocycles. The molecule has 0 bridgehead atoms. The van der Waals surface area contributed by atoms with Gasteiger partial charge in [0, 0.05) is 23.7 Å². The Hall–Kier alpha value is -1.03. The third kappa shape index (κ3) is 1.71. The molecule has 4 rings (SSSR count). The first-order chi connectivity index (χ1) is 11.1. The summed E-state index contributed by atoms with van der Waals surface area (Å²) in [6.45, 7) is 5.53. The van der Waals surface area contributed by atoms with Crippen LogP contribution in [0, 0.1) is 28.6 Å². The molecule has 0 saturated heterocycles. The zero-order valence-electron chi connectivity index (χ0n) is 14.8. The summed E-state index contributed by atoms with van der Waals surface area (Å²) in [7, 11) is 0. The molecule has 4 aliphatic carbocycles. The van der Waals surface area contributed by atoms with E-state index in [2.05, 4.69) is 6.92 Å². The maximum Gasteiger partial charge on any atom is 0.156 e. The van der Waals surface area contributed by atoms with Crippen LogP contribution < -0.4 is 0 Å². The molecule has 0 unspecified atom stereocenters. The first-order valence-corrected chi connectivity index (χ1v) is 9.26. The zero-order valence-corrected chi connectivity index (χ0v) is 14.8. The molecule has 3 fully saturated rings. The predicted molar refractivity (Wildman–Crippen MR) is 88.0 cm³/mol. The average molecular weight is 334 g/mol. The second-order valence-corrected chi connectivity index (χ2v) is 9.13. The highest BCUT2D eigenvalue weighted by molar-refractivity contribution is 5.94. The van der Waals surface area contributed by atoms with Crippen LogP contribution in [-0.2, 0) is 9.59 Å². The number of carbonyl (C=O) groups is 2. The van der Waals surface area contributed by atoms with Crippen LogP contribution in [0.15, 0.2) is 11.6 Å². The van der Waals surface area contributed by atoms with Crippen molar-refractivity contribution in [2.75, 3.05) is 0 Å². The van der Waals surface area contributed by atoms with Gasteiger partial charge >= 0.3 is 0 Å². The SMILES string of the molecule is CC(=O)[C@@H]1CC[C@@H]2[C@H]3CCC4=CC(=O)C[C@]4(C)[C@]3(F)[C@@H](O)C[C@@]21C. The van der Waals surface area contributed by atoms with Crippen molar-refractivity contribution in [3.8, 4) is 0 Å². The number of Topliss-reactive ketones (excluding diaryl/α,β-unsaturated/α-hetero) is 1. The molecule has 0 aromatic heterocycles. The van der Waals surface area contributed by atoms with Crippen molar-refractivity contribution in [2.24, 2.45) is 28.6 Å². The summed E-state index contributed by atoms with van der Waals surface area (Å²) in [5.41, 5.74) is -2.05. The molecule has 0 spiro atoms. The summed E-state index contributed by atoms with van der Waals surface area (Å²) in [6.07, 6.45) is 4.07. The molecule has 0 aliphatic heterocycles. The van der Waals surface area contributed by atoms with Gasteiger partial charge in [0.25, 0.3) is 0 Å². The van der Waals surface area contributed by atoms with Crippen LogP contribution in [-0.4, -0.2) is 28.4 Å². The van der Waals surface area contributed by atoms with Crippen LogP contribution in [0.4, 0.5) is 4.39 Å². The van der Waals surface area contributed by atoms with Crippen molar-refractivity contribution >= 4 is 11.6 Å². The van der Waals surface area contributed by atoms with Gasteiger partial charge in [0.1, 0.15) is 11.5 Å². The topological polar surface area (TPSA) is 54.4 Å². The highest BCUT2D eigenvalue weighted by Crippen LogP contribution is 2.69. The lowest BCUT2D eigenvalue weighted by atomic mass is 9.46. The maximum absolute atomic E-state index is 16.5. The van der Waals surface area contributed by atoms with E-state index in [1.165, 1.54) is 0 Å². The quantitative estimate of drug-likeness (QED) is 0.800. The van der Waals surface area contributed by atoms with Gasteiger partial charge in [-0.05, 0) is 56.4 Å². The number of fused-ring (bicyclic) bond motifs is 5. The van der Waals surface area contributed by atoms with Crippen LogP contribution in [0.5, 0.6) is 0 Å². The lowest BCUT2D eigenvalue weighted by Gasteiger charge is -2.61. The van der Waals surface area contributed by atoms with Gasteiger partial charge in [-0.2, -0.15) is 0 Å². The molecule has 0 aromatic carbocycles. The van der Waals surface area contributed by atoms with E-state index in [0.717, 1.165) is 24.8 Å². The Balaban J connectivity index is 1.79. The van der Waals surface area contributed by atoms with Crippen molar-refractivity contribution in [3.05, 3.63) is 11.6 Å². The molecular formula is C20H27FO3. The number of aliphatic hydroxyl groups excluding tert-OH is 1. The van der Waals surface area contributed by atoms with Crippen LogP contribution in [0.1, 0.15) is 59.3 Å². The van der Waals surface area contributed by atoms with Crippen molar-refractivity contribution in [1.82, 2.24) is 0 Å². The second-order valence-electron chi connectivity index (χ2n) is 9.13. The van der Waals surface area contributed by atoms with Gasteiger partial charge in [0.15, 0.2) is 5.78 Å². The Morgan fingerprint density at radius 1 is 1.25 bits per heavy atom. The van der Waals surface area contributed by atoms with Crippen molar-refractivity contribution < 1.29 is 19.1 Å². The van der Waals surface area contributed by atoms with E-state index < -0.39 is 17.2 Å². The summed E-state index contributed by atoms with van der Waals surface area (Å²) in [4.78, 5) is 24.1. The third-order valence-corrected chi connectivity index (χ3v) is 8.19. The van der Waals surface area contributed by atoms with E-state index in [4.69, 9.17) is 0 Å². The average Bonchev–Trinajstić information content (AvgIpc) is 2.96. The normalized spacial score (nSPS) is 53.2. The number of halogens is 1. The van der Waals surface area contributed by atoms with Crippen LogP contribution in [0.2, 0.25) is 0 Å². The van der Waals surface area contributed by atoms with E-state index in [1.807, 2.05) is 6.92 Å². The largest absolute Gasteiger partial charge is 0.390 e. The number of ketones is 2. The molecule has 3 saturated carbocycles. The smallest absolute Gasteiger partial charge is 0.156 e. The first-order valence-electron chi connectivity index (χ1n) is 9.26. The van der Waals surface area contributed by atoms with Gasteiger partial charge in [0.05, 0.1) is 6.10 Å². The van der Waals surface area contributed by atoms with Gasteiger partial charge < -0.3 is 5.11 Å². The number of carbonyl (C=O) groups excluding carboxylic acids is 2. The zero-order chi connectivity index (χ0) is 17.5. The number of aliphatic hydroxyl groups is 1. The Bertz CT molecular complexity index is 655. The van der Waals surface area contributed by atoms with Gasteiger partial charge in [-0.1, -0.05) is 19.4 Å². The fourth-order valence-corrected chi connectivity index (χ4v) is 7.09. The number of hydrogen-bond donors (Lipinski definition) is 1. The molecular weight excluding hydrogens is 307 g/mol. The van der Waals surface area contributed by atoms with Crippen LogP contribution in [0.25, 0.3) is 0 Å². The standard InChI is InChI=1S/C20H27FO3/c1-11(22)14-6-7-15-16-5-4-12-8-13(23)9-19(12,3)20(16,21)17(24)10-18(14,15)2/h8,14-17,24H,4-7,9-10H2,1-3H3/t14-,15+,16+,17-,18+,19-,20+/m0/s1. The molecule has 4 aliphatic rings. The summed E-state index contributed by atoms with van der Waals surface area (Å²) in [6, 6.07) is 0. The Labute approximate surface area is 142 Å². The molecule has 24 heavy (non-hydrogen) atoms. The minimum atomic E-state index is -1.75. The Kier molecular flexibility index (Phi) is 3.27. The number of alkyl halides is 1. The monoisotopic (exact) mass is 334 g/mol. The summed E-state index contributed by atoms with van der Waals surface area (Å²) >= 11 is 0. The third-order valence-electron chi connectivity index (χ3n) is 8.19. The summed E-state index contributed by atoms with van der Waals surface area (Å²) < 4.78 is 16.5. The first kappa shape index (κ1) is 16.4. The van der Waals surface area contributed by atoms with E-state index in [-0.39, 0.29) is 41.2 Å². The lowest BCUT2D eigenvalue weighted by molar-refractivity contribution is -0.204. The molecule has 4 heteroatoms. The molecule has 132 valence electrons. The van der Waals surface area contributed by atoms with Crippen molar-refractivity contribution in [2.45, 2.75) is 71.1 Å².